The Labute approximate surface area is 97.6 Å². The molecule has 1 fully saturated rings. The van der Waals surface area contributed by atoms with Gasteiger partial charge in [0.2, 0.25) is 5.89 Å². The van der Waals surface area contributed by atoms with Crippen LogP contribution < -0.4 is 5.32 Å². The Balaban J connectivity index is 1.82. The first-order chi connectivity index (χ1) is 7.53. The zero-order valence-electron chi connectivity index (χ0n) is 10.5. The second kappa shape index (κ2) is 4.58. The van der Waals surface area contributed by atoms with E-state index in [1.54, 1.807) is 0 Å². The summed E-state index contributed by atoms with van der Waals surface area (Å²) >= 11 is 0. The molecule has 0 spiro atoms. The normalized spacial score (nSPS) is 17.4. The van der Waals surface area contributed by atoms with Crippen molar-refractivity contribution in [1.29, 1.82) is 0 Å². The molecule has 3 heteroatoms. The Kier molecular flexibility index (Phi) is 3.33. The number of hydrogen-bond acceptors (Lipinski definition) is 3. The van der Waals surface area contributed by atoms with E-state index >= 15 is 0 Å². The minimum Gasteiger partial charge on any atom is -0.444 e. The smallest absolute Gasteiger partial charge is 0.208 e. The molecule has 0 radical (unpaired) electrons. The molecule has 0 saturated heterocycles. The second-order valence-electron chi connectivity index (χ2n) is 5.82. The molecular weight excluding hydrogens is 200 g/mol. The molecular formula is C13H22N2O. The van der Waals surface area contributed by atoms with Crippen LogP contribution in [-0.4, -0.2) is 10.5 Å². The van der Waals surface area contributed by atoms with Crippen molar-refractivity contribution < 1.29 is 4.42 Å². The zero-order valence-corrected chi connectivity index (χ0v) is 10.5. The van der Waals surface area contributed by atoms with Crippen LogP contribution >= 0.6 is 0 Å². The maximum absolute atomic E-state index is 5.71. The highest BCUT2D eigenvalue weighted by atomic mass is 16.4. The SMILES string of the molecule is CC(C)(C)NCc1ncc(CC2CCC2)o1. The van der Waals surface area contributed by atoms with Crippen LogP contribution in [0.15, 0.2) is 10.6 Å². The van der Waals surface area contributed by atoms with Crippen molar-refractivity contribution >= 4 is 0 Å². The van der Waals surface area contributed by atoms with Gasteiger partial charge in [0.1, 0.15) is 5.76 Å². The van der Waals surface area contributed by atoms with E-state index in [0.29, 0.717) is 6.54 Å². The highest BCUT2D eigenvalue weighted by Gasteiger charge is 2.19. The molecule has 0 aromatic carbocycles. The van der Waals surface area contributed by atoms with Crippen molar-refractivity contribution in [1.82, 2.24) is 10.3 Å². The number of nitrogens with zero attached hydrogens (tertiary/aromatic N) is 1. The second-order valence-corrected chi connectivity index (χ2v) is 5.82. The van der Waals surface area contributed by atoms with E-state index in [1.807, 2.05) is 6.20 Å². The summed E-state index contributed by atoms with van der Waals surface area (Å²) in [4.78, 5) is 4.30. The largest absolute Gasteiger partial charge is 0.444 e. The first-order valence-corrected chi connectivity index (χ1v) is 6.21. The zero-order chi connectivity index (χ0) is 11.6. The van der Waals surface area contributed by atoms with Crippen LogP contribution in [0.25, 0.3) is 0 Å². The Hall–Kier alpha value is -0.830. The molecule has 2 rings (SSSR count). The summed E-state index contributed by atoms with van der Waals surface area (Å²) in [7, 11) is 0. The summed E-state index contributed by atoms with van der Waals surface area (Å²) in [6.45, 7) is 7.15. The molecule has 0 bridgehead atoms. The van der Waals surface area contributed by atoms with Crippen molar-refractivity contribution in [2.24, 2.45) is 5.92 Å². The molecule has 0 unspecified atom stereocenters. The van der Waals surface area contributed by atoms with Crippen LogP contribution in [0.3, 0.4) is 0 Å². The number of hydrogen-bond donors (Lipinski definition) is 1. The standard InChI is InChI=1S/C13H22N2O/c1-13(2,3)15-9-12-14-8-11(16-12)7-10-5-4-6-10/h8,10,15H,4-7,9H2,1-3H3. The van der Waals surface area contributed by atoms with Crippen molar-refractivity contribution in [3.63, 3.8) is 0 Å². The van der Waals surface area contributed by atoms with Gasteiger partial charge in [-0.1, -0.05) is 19.3 Å². The third kappa shape index (κ3) is 3.34. The summed E-state index contributed by atoms with van der Waals surface area (Å²) in [5, 5.41) is 3.38. The van der Waals surface area contributed by atoms with Crippen molar-refractivity contribution in [3.05, 3.63) is 17.8 Å². The number of oxazole rings is 1. The van der Waals surface area contributed by atoms with E-state index in [0.717, 1.165) is 24.0 Å². The Morgan fingerprint density at radius 3 is 2.75 bits per heavy atom. The summed E-state index contributed by atoms with van der Waals surface area (Å²) in [5.41, 5.74) is 0.114. The van der Waals surface area contributed by atoms with E-state index in [2.05, 4.69) is 31.1 Å². The third-order valence-electron chi connectivity index (χ3n) is 3.09. The van der Waals surface area contributed by atoms with Crippen molar-refractivity contribution in [2.75, 3.05) is 0 Å². The van der Waals surface area contributed by atoms with Crippen LogP contribution in [0.2, 0.25) is 0 Å². The fourth-order valence-corrected chi connectivity index (χ4v) is 1.85. The van der Waals surface area contributed by atoms with Gasteiger partial charge in [0.05, 0.1) is 12.7 Å². The first-order valence-electron chi connectivity index (χ1n) is 6.21. The van der Waals surface area contributed by atoms with Crippen LogP contribution in [0.1, 0.15) is 51.7 Å². The lowest BCUT2D eigenvalue weighted by molar-refractivity contribution is 0.288. The first kappa shape index (κ1) is 11.6. The number of aromatic nitrogens is 1. The van der Waals surface area contributed by atoms with Gasteiger partial charge in [-0.15, -0.1) is 0 Å². The highest BCUT2D eigenvalue weighted by Crippen LogP contribution is 2.29. The summed E-state index contributed by atoms with van der Waals surface area (Å²) in [6.07, 6.45) is 7.06. The molecule has 1 saturated carbocycles. The van der Waals surface area contributed by atoms with Crippen molar-refractivity contribution in [2.45, 2.75) is 58.5 Å². The highest BCUT2D eigenvalue weighted by molar-refractivity contribution is 4.97. The predicted octanol–water partition coefficient (Wildman–Crippen LogP) is 2.91. The van der Waals surface area contributed by atoms with E-state index < -0.39 is 0 Å². The van der Waals surface area contributed by atoms with Gasteiger partial charge in [0, 0.05) is 12.0 Å². The maximum Gasteiger partial charge on any atom is 0.208 e. The predicted molar refractivity (Wildman–Crippen MR) is 64.1 cm³/mol. The van der Waals surface area contributed by atoms with Gasteiger partial charge in [-0.2, -0.15) is 0 Å². The van der Waals surface area contributed by atoms with Gasteiger partial charge in [0.25, 0.3) is 0 Å². The third-order valence-corrected chi connectivity index (χ3v) is 3.09. The molecule has 90 valence electrons. The monoisotopic (exact) mass is 222 g/mol. The summed E-state index contributed by atoms with van der Waals surface area (Å²) in [5.74, 6) is 2.70. The lowest BCUT2D eigenvalue weighted by Gasteiger charge is -2.23. The van der Waals surface area contributed by atoms with Crippen molar-refractivity contribution in [3.8, 4) is 0 Å². The Bertz CT molecular complexity index is 334. The average Bonchev–Trinajstić information content (AvgIpc) is 2.55. The lowest BCUT2D eigenvalue weighted by Crippen LogP contribution is -2.35. The summed E-state index contributed by atoms with van der Waals surface area (Å²) in [6, 6.07) is 0. The van der Waals surface area contributed by atoms with Gasteiger partial charge in [-0.3, -0.25) is 0 Å². The molecule has 0 aliphatic heterocycles. The van der Waals surface area contributed by atoms with Crippen LogP contribution in [0, 0.1) is 5.92 Å². The van der Waals surface area contributed by atoms with Crippen LogP contribution in [0.5, 0.6) is 0 Å². The fourth-order valence-electron chi connectivity index (χ4n) is 1.85. The number of rotatable bonds is 4. The minimum atomic E-state index is 0.114. The molecule has 1 aliphatic rings. The van der Waals surface area contributed by atoms with Crippen LogP contribution in [-0.2, 0) is 13.0 Å². The molecule has 1 N–H and O–H groups in total. The fraction of sp³-hybridized carbons (Fsp3) is 0.769. The summed E-state index contributed by atoms with van der Waals surface area (Å²) < 4.78 is 5.71. The lowest BCUT2D eigenvalue weighted by atomic mass is 9.82. The quantitative estimate of drug-likeness (QED) is 0.851. The van der Waals surface area contributed by atoms with Gasteiger partial charge >= 0.3 is 0 Å². The molecule has 1 aromatic heterocycles. The molecule has 0 atom stereocenters. The minimum absolute atomic E-state index is 0.114. The van der Waals surface area contributed by atoms with Gasteiger partial charge in [-0.05, 0) is 26.7 Å². The molecule has 3 nitrogen and oxygen atoms in total. The molecule has 1 aliphatic carbocycles. The van der Waals surface area contributed by atoms with E-state index in [4.69, 9.17) is 4.42 Å². The van der Waals surface area contributed by atoms with E-state index in [-0.39, 0.29) is 5.54 Å². The van der Waals surface area contributed by atoms with Gasteiger partial charge < -0.3 is 9.73 Å². The van der Waals surface area contributed by atoms with E-state index in [9.17, 15) is 0 Å². The molecule has 1 heterocycles. The Morgan fingerprint density at radius 1 is 1.44 bits per heavy atom. The topological polar surface area (TPSA) is 38.1 Å². The molecule has 0 amide bonds. The van der Waals surface area contributed by atoms with Gasteiger partial charge in [0.15, 0.2) is 0 Å². The average molecular weight is 222 g/mol. The Morgan fingerprint density at radius 2 is 2.19 bits per heavy atom. The van der Waals surface area contributed by atoms with Crippen LogP contribution in [0.4, 0.5) is 0 Å². The maximum atomic E-state index is 5.71. The molecule has 16 heavy (non-hydrogen) atoms. The van der Waals surface area contributed by atoms with Gasteiger partial charge in [-0.25, -0.2) is 4.98 Å². The van der Waals surface area contributed by atoms with E-state index in [1.165, 1.54) is 19.3 Å². The molecule has 1 aromatic rings. The number of nitrogens with one attached hydrogen (secondary N) is 1.